The largest absolute Gasteiger partial charge is 0.302 e. The van der Waals surface area contributed by atoms with Gasteiger partial charge in [-0.3, -0.25) is 4.79 Å². The van der Waals surface area contributed by atoms with Gasteiger partial charge < -0.3 is 4.90 Å². The van der Waals surface area contributed by atoms with Crippen LogP contribution in [0.3, 0.4) is 0 Å². The number of alkyl halides is 1. The molecule has 0 N–H and O–H groups in total. The molecule has 0 radical (unpaired) electrons. The molecule has 1 fully saturated rings. The minimum absolute atomic E-state index is 0.0825. The van der Waals surface area contributed by atoms with Crippen molar-refractivity contribution in [2.45, 2.75) is 24.8 Å². The highest BCUT2D eigenvalue weighted by Crippen LogP contribution is 2.42. The van der Waals surface area contributed by atoms with Gasteiger partial charge in [0.1, 0.15) is 5.38 Å². The molecule has 5 heteroatoms. The van der Waals surface area contributed by atoms with Crippen molar-refractivity contribution in [1.29, 1.82) is 0 Å². The van der Waals surface area contributed by atoms with Crippen LogP contribution in [0.25, 0.3) is 0 Å². The van der Waals surface area contributed by atoms with Crippen LogP contribution in [0, 0.1) is 0 Å². The van der Waals surface area contributed by atoms with Gasteiger partial charge in [-0.15, -0.1) is 11.6 Å². The minimum atomic E-state index is -0.534. The molecule has 0 spiro atoms. The Morgan fingerprint density at radius 2 is 1.43 bits per heavy atom. The quantitative estimate of drug-likeness (QED) is 0.284. The molecule has 0 bridgehead atoms. The Bertz CT molecular complexity index is 985. The number of carbonyl (C=O) groups is 1. The van der Waals surface area contributed by atoms with E-state index < -0.39 is 5.38 Å². The first kappa shape index (κ1) is 18.4. The zero-order valence-corrected chi connectivity index (χ0v) is 16.3. The highest BCUT2D eigenvalue weighted by molar-refractivity contribution is 6.37. The lowest BCUT2D eigenvalue weighted by Gasteiger charge is -2.44. The van der Waals surface area contributed by atoms with Gasteiger partial charge in [0, 0.05) is 5.69 Å². The number of nitrogens with zero attached hydrogens (tertiary/aromatic N) is 3. The number of carbonyl (C=O) groups excluding carboxylic acids is 1. The Morgan fingerprint density at radius 1 is 0.857 bits per heavy atom. The lowest BCUT2D eigenvalue weighted by molar-refractivity contribution is -0.123. The van der Waals surface area contributed by atoms with Crippen LogP contribution in [-0.2, 0) is 11.2 Å². The molecule has 3 aromatic rings. The first-order chi connectivity index (χ1) is 13.7. The van der Waals surface area contributed by atoms with E-state index in [-0.39, 0.29) is 11.9 Å². The molecule has 3 aromatic carbocycles. The van der Waals surface area contributed by atoms with Crippen LogP contribution in [-0.4, -0.2) is 11.3 Å². The molecule has 1 amide bonds. The predicted octanol–water partition coefficient (Wildman–Crippen LogP) is 6.36. The molecule has 28 heavy (non-hydrogen) atoms. The number of hydrogen-bond acceptors (Lipinski definition) is 3. The second kappa shape index (κ2) is 7.95. The number of azo groups is 1. The van der Waals surface area contributed by atoms with E-state index in [4.69, 9.17) is 11.6 Å². The monoisotopic (exact) mass is 389 g/mol. The molecular weight excluding hydrogens is 370 g/mol. The Hall–Kier alpha value is -2.98. The standard InChI is InChI=1S/C23H20ClN3O/c1-2-16-8-10-18(11-9-16)25-26-19-12-14-20(15-13-19)27-22(21(24)23(27)28)17-6-4-3-5-7-17/h3-15,21-22H,2H2,1H3. The fraction of sp³-hybridized carbons (Fsp3) is 0.174. The maximum atomic E-state index is 12.3. The van der Waals surface area contributed by atoms with E-state index in [2.05, 4.69) is 29.3 Å². The van der Waals surface area contributed by atoms with E-state index in [1.54, 1.807) is 4.90 Å². The van der Waals surface area contributed by atoms with Crippen molar-refractivity contribution in [3.05, 3.63) is 90.0 Å². The third-order valence-corrected chi connectivity index (χ3v) is 5.35. The number of anilines is 1. The number of rotatable bonds is 5. The van der Waals surface area contributed by atoms with Gasteiger partial charge in [-0.1, -0.05) is 49.4 Å². The summed E-state index contributed by atoms with van der Waals surface area (Å²) in [6, 6.07) is 25.2. The van der Waals surface area contributed by atoms with E-state index in [9.17, 15) is 4.79 Å². The van der Waals surface area contributed by atoms with Crippen molar-refractivity contribution in [2.24, 2.45) is 10.2 Å². The van der Waals surface area contributed by atoms with E-state index in [0.29, 0.717) is 0 Å². The molecule has 2 atom stereocenters. The van der Waals surface area contributed by atoms with E-state index in [0.717, 1.165) is 29.0 Å². The van der Waals surface area contributed by atoms with Gasteiger partial charge in [0.2, 0.25) is 5.91 Å². The Labute approximate surface area is 169 Å². The summed E-state index contributed by atoms with van der Waals surface area (Å²) < 4.78 is 0. The molecule has 140 valence electrons. The second-order valence-electron chi connectivity index (χ2n) is 6.70. The highest BCUT2D eigenvalue weighted by Gasteiger charge is 2.47. The molecule has 1 aliphatic heterocycles. The molecule has 2 unspecified atom stereocenters. The van der Waals surface area contributed by atoms with Gasteiger partial charge in [0.15, 0.2) is 0 Å². The maximum absolute atomic E-state index is 12.3. The third-order valence-electron chi connectivity index (χ3n) is 4.92. The number of amides is 1. The number of aryl methyl sites for hydroxylation is 1. The Balaban J connectivity index is 1.51. The maximum Gasteiger partial charge on any atom is 0.248 e. The topological polar surface area (TPSA) is 45.0 Å². The Kier molecular flexibility index (Phi) is 5.22. The van der Waals surface area contributed by atoms with Crippen LogP contribution in [0.4, 0.5) is 17.1 Å². The number of halogens is 1. The zero-order valence-electron chi connectivity index (χ0n) is 15.5. The summed E-state index contributed by atoms with van der Waals surface area (Å²) in [5, 5.41) is 8.02. The SMILES string of the molecule is CCc1ccc(N=Nc2ccc(N3C(=O)C(Cl)C3c3ccccc3)cc2)cc1. The first-order valence-electron chi connectivity index (χ1n) is 9.30. The van der Waals surface area contributed by atoms with Crippen molar-refractivity contribution in [2.75, 3.05) is 4.90 Å². The fourth-order valence-corrected chi connectivity index (χ4v) is 3.67. The summed E-state index contributed by atoms with van der Waals surface area (Å²) in [6.07, 6.45) is 1.00. The molecule has 0 saturated carbocycles. The average molecular weight is 390 g/mol. The van der Waals surface area contributed by atoms with Gasteiger partial charge >= 0.3 is 0 Å². The summed E-state index contributed by atoms with van der Waals surface area (Å²) in [5.41, 5.74) is 4.65. The molecule has 1 aliphatic rings. The van der Waals surface area contributed by atoms with Crippen molar-refractivity contribution in [3.63, 3.8) is 0 Å². The second-order valence-corrected chi connectivity index (χ2v) is 7.17. The number of benzene rings is 3. The summed E-state index contributed by atoms with van der Waals surface area (Å²) in [7, 11) is 0. The first-order valence-corrected chi connectivity index (χ1v) is 9.74. The van der Waals surface area contributed by atoms with Crippen molar-refractivity contribution < 1.29 is 4.79 Å². The number of β-lactam (4-membered cyclic amide) rings is 1. The molecule has 4 rings (SSSR count). The zero-order chi connectivity index (χ0) is 19.5. The lowest BCUT2D eigenvalue weighted by Crippen LogP contribution is -2.56. The van der Waals surface area contributed by atoms with Crippen LogP contribution >= 0.6 is 11.6 Å². The minimum Gasteiger partial charge on any atom is -0.302 e. The van der Waals surface area contributed by atoms with E-state index in [1.165, 1.54) is 5.56 Å². The van der Waals surface area contributed by atoms with Gasteiger partial charge in [-0.05, 0) is 53.9 Å². The Morgan fingerprint density at radius 3 is 2.00 bits per heavy atom. The summed E-state index contributed by atoms with van der Waals surface area (Å²) >= 11 is 6.29. The van der Waals surface area contributed by atoms with Gasteiger partial charge in [-0.25, -0.2) is 0 Å². The molecule has 1 saturated heterocycles. The van der Waals surface area contributed by atoms with Crippen molar-refractivity contribution in [3.8, 4) is 0 Å². The van der Waals surface area contributed by atoms with Crippen LogP contribution < -0.4 is 4.90 Å². The van der Waals surface area contributed by atoms with Crippen molar-refractivity contribution >= 4 is 34.6 Å². The smallest absolute Gasteiger partial charge is 0.248 e. The normalized spacial score (nSPS) is 19.1. The van der Waals surface area contributed by atoms with Crippen LogP contribution in [0.2, 0.25) is 0 Å². The molecule has 0 aliphatic carbocycles. The van der Waals surface area contributed by atoms with E-state index in [1.807, 2.05) is 66.7 Å². The average Bonchev–Trinajstić information content (AvgIpc) is 2.76. The summed E-state index contributed by atoms with van der Waals surface area (Å²) in [6.45, 7) is 2.12. The van der Waals surface area contributed by atoms with Gasteiger partial charge in [0.05, 0.1) is 17.4 Å². The number of hydrogen-bond donors (Lipinski definition) is 0. The third kappa shape index (κ3) is 3.56. The molecular formula is C23H20ClN3O. The van der Waals surface area contributed by atoms with Gasteiger partial charge in [-0.2, -0.15) is 10.2 Å². The fourth-order valence-electron chi connectivity index (χ4n) is 3.30. The van der Waals surface area contributed by atoms with E-state index >= 15 is 0 Å². The van der Waals surface area contributed by atoms with Crippen molar-refractivity contribution in [1.82, 2.24) is 0 Å². The molecule has 4 nitrogen and oxygen atoms in total. The summed E-state index contributed by atoms with van der Waals surface area (Å²) in [5.74, 6) is -0.0825. The molecule has 1 heterocycles. The van der Waals surface area contributed by atoms with Crippen LogP contribution in [0.15, 0.2) is 89.1 Å². The molecule has 0 aromatic heterocycles. The van der Waals surface area contributed by atoms with Crippen LogP contribution in [0.1, 0.15) is 24.1 Å². The highest BCUT2D eigenvalue weighted by atomic mass is 35.5. The van der Waals surface area contributed by atoms with Gasteiger partial charge in [0.25, 0.3) is 0 Å². The lowest BCUT2D eigenvalue weighted by atomic mass is 9.92. The predicted molar refractivity (Wildman–Crippen MR) is 113 cm³/mol. The van der Waals surface area contributed by atoms with Crippen LogP contribution in [0.5, 0.6) is 0 Å². The summed E-state index contributed by atoms with van der Waals surface area (Å²) in [4.78, 5) is 14.1.